The normalized spacial score (nSPS) is 12.5. The summed E-state index contributed by atoms with van der Waals surface area (Å²) >= 11 is 6.11. The average Bonchev–Trinajstić information content (AvgIpc) is 3.09. The quantitative estimate of drug-likeness (QED) is 0.574. The fourth-order valence-corrected chi connectivity index (χ4v) is 3.38. The van der Waals surface area contributed by atoms with Crippen molar-refractivity contribution >= 4 is 28.7 Å². The standard InChI is InChI=1S/C20H23ClN4O4/c1-5-29-19(27)13(4)24-11-22-17-16(24)18(26)23(10-12(2)3)20(28)25(17)15-8-6-7-14(21)9-15/h6-9,11-13H,5,10H2,1-4H3/t13-/m1/s1. The molecule has 0 spiro atoms. The summed E-state index contributed by atoms with van der Waals surface area (Å²) in [7, 11) is 0. The molecule has 154 valence electrons. The minimum absolute atomic E-state index is 0.0597. The van der Waals surface area contributed by atoms with Crippen LogP contribution in [-0.2, 0) is 16.1 Å². The lowest BCUT2D eigenvalue weighted by Crippen LogP contribution is -2.41. The number of esters is 1. The highest BCUT2D eigenvalue weighted by molar-refractivity contribution is 6.30. The molecule has 0 aliphatic rings. The van der Waals surface area contributed by atoms with Crippen molar-refractivity contribution in [2.75, 3.05) is 6.61 Å². The van der Waals surface area contributed by atoms with E-state index in [0.717, 1.165) is 0 Å². The minimum atomic E-state index is -0.773. The first-order valence-electron chi connectivity index (χ1n) is 9.41. The number of halogens is 1. The molecule has 3 rings (SSSR count). The number of benzene rings is 1. The molecule has 0 saturated heterocycles. The molecule has 0 amide bonds. The van der Waals surface area contributed by atoms with Gasteiger partial charge in [-0.05, 0) is 38.0 Å². The Labute approximate surface area is 172 Å². The topological polar surface area (TPSA) is 88.1 Å². The lowest BCUT2D eigenvalue weighted by atomic mass is 10.2. The zero-order chi connectivity index (χ0) is 21.3. The second-order valence-corrected chi connectivity index (χ2v) is 7.60. The minimum Gasteiger partial charge on any atom is -0.464 e. The van der Waals surface area contributed by atoms with Gasteiger partial charge in [0.05, 0.1) is 18.6 Å². The molecule has 9 heteroatoms. The summed E-state index contributed by atoms with van der Waals surface area (Å²) in [4.78, 5) is 43.0. The Morgan fingerprint density at radius 3 is 2.59 bits per heavy atom. The highest BCUT2D eigenvalue weighted by Gasteiger charge is 2.25. The van der Waals surface area contributed by atoms with Gasteiger partial charge in [-0.1, -0.05) is 31.5 Å². The second-order valence-electron chi connectivity index (χ2n) is 7.16. The SMILES string of the molecule is CCOC(=O)[C@@H](C)n1cnc2c1c(=O)n(CC(C)C)c(=O)n2-c1cccc(Cl)c1. The Morgan fingerprint density at radius 1 is 1.24 bits per heavy atom. The highest BCUT2D eigenvalue weighted by Crippen LogP contribution is 2.20. The number of hydrogen-bond acceptors (Lipinski definition) is 5. The van der Waals surface area contributed by atoms with Gasteiger partial charge in [0.25, 0.3) is 5.56 Å². The van der Waals surface area contributed by atoms with E-state index in [1.165, 1.54) is 20.0 Å². The predicted molar refractivity (Wildman–Crippen MR) is 111 cm³/mol. The number of carbonyl (C=O) groups is 1. The largest absolute Gasteiger partial charge is 0.464 e. The molecule has 29 heavy (non-hydrogen) atoms. The number of nitrogens with zero attached hydrogens (tertiary/aromatic N) is 4. The summed E-state index contributed by atoms with van der Waals surface area (Å²) < 4.78 is 9.05. The monoisotopic (exact) mass is 418 g/mol. The number of imidazole rings is 1. The number of ether oxygens (including phenoxy) is 1. The van der Waals surface area contributed by atoms with Gasteiger partial charge in [0.1, 0.15) is 6.04 Å². The van der Waals surface area contributed by atoms with Crippen LogP contribution >= 0.6 is 11.6 Å². The smallest absolute Gasteiger partial charge is 0.337 e. The van der Waals surface area contributed by atoms with Gasteiger partial charge in [0, 0.05) is 11.6 Å². The van der Waals surface area contributed by atoms with E-state index in [2.05, 4.69) is 4.98 Å². The molecule has 8 nitrogen and oxygen atoms in total. The van der Waals surface area contributed by atoms with Crippen molar-refractivity contribution < 1.29 is 9.53 Å². The Bertz CT molecular complexity index is 1180. The molecule has 0 unspecified atom stereocenters. The van der Waals surface area contributed by atoms with Crippen LogP contribution in [-0.4, -0.2) is 31.3 Å². The Hall–Kier alpha value is -2.87. The molecule has 3 aromatic rings. The fourth-order valence-electron chi connectivity index (χ4n) is 3.19. The van der Waals surface area contributed by atoms with E-state index in [1.54, 1.807) is 38.1 Å². The Kier molecular flexibility index (Phi) is 5.93. The molecule has 0 fully saturated rings. The van der Waals surface area contributed by atoms with E-state index in [9.17, 15) is 14.4 Å². The molecule has 0 saturated carbocycles. The predicted octanol–water partition coefficient (Wildman–Crippen LogP) is 2.78. The number of rotatable bonds is 6. The molecule has 1 aromatic carbocycles. The van der Waals surface area contributed by atoms with Crippen molar-refractivity contribution in [1.29, 1.82) is 0 Å². The maximum Gasteiger partial charge on any atom is 0.337 e. The summed E-state index contributed by atoms with van der Waals surface area (Å²) in [6, 6.07) is 5.97. The van der Waals surface area contributed by atoms with Crippen LogP contribution in [0.25, 0.3) is 16.9 Å². The number of carbonyl (C=O) groups excluding carboxylic acids is 1. The van der Waals surface area contributed by atoms with Crippen LogP contribution < -0.4 is 11.2 Å². The summed E-state index contributed by atoms with van der Waals surface area (Å²) in [5.41, 5.74) is -0.193. The second kappa shape index (κ2) is 8.24. The van der Waals surface area contributed by atoms with Gasteiger partial charge in [-0.3, -0.25) is 9.36 Å². The van der Waals surface area contributed by atoms with Crippen molar-refractivity contribution in [2.45, 2.75) is 40.3 Å². The van der Waals surface area contributed by atoms with E-state index in [4.69, 9.17) is 16.3 Å². The average molecular weight is 419 g/mol. The molecule has 0 bridgehead atoms. The van der Waals surface area contributed by atoms with Gasteiger partial charge >= 0.3 is 11.7 Å². The third-order valence-corrected chi connectivity index (χ3v) is 4.75. The summed E-state index contributed by atoms with van der Waals surface area (Å²) in [5, 5.41) is 0.448. The summed E-state index contributed by atoms with van der Waals surface area (Å²) in [5.74, 6) is -0.424. The molecule has 2 heterocycles. The maximum absolute atomic E-state index is 13.2. The number of hydrogen-bond donors (Lipinski definition) is 0. The van der Waals surface area contributed by atoms with Gasteiger partial charge in [-0.2, -0.15) is 0 Å². The Morgan fingerprint density at radius 2 is 1.97 bits per heavy atom. The van der Waals surface area contributed by atoms with Crippen LogP contribution in [0.15, 0.2) is 40.2 Å². The molecule has 1 atom stereocenters. The molecule has 0 aliphatic carbocycles. The Balaban J connectivity index is 2.38. The third kappa shape index (κ3) is 3.85. The van der Waals surface area contributed by atoms with Crippen LogP contribution in [0.5, 0.6) is 0 Å². The van der Waals surface area contributed by atoms with Crippen LogP contribution in [0, 0.1) is 5.92 Å². The highest BCUT2D eigenvalue weighted by atomic mass is 35.5. The molecule has 0 N–H and O–H groups in total. The van der Waals surface area contributed by atoms with Crippen LogP contribution in [0.3, 0.4) is 0 Å². The first kappa shape index (κ1) is 20.9. The van der Waals surface area contributed by atoms with Crippen molar-refractivity contribution in [3.8, 4) is 5.69 Å². The van der Waals surface area contributed by atoms with Crippen molar-refractivity contribution in [3.63, 3.8) is 0 Å². The first-order valence-corrected chi connectivity index (χ1v) is 9.79. The van der Waals surface area contributed by atoms with E-state index in [1.807, 2.05) is 13.8 Å². The third-order valence-electron chi connectivity index (χ3n) is 4.52. The van der Waals surface area contributed by atoms with Crippen molar-refractivity contribution in [3.05, 3.63) is 56.5 Å². The van der Waals surface area contributed by atoms with Gasteiger partial charge < -0.3 is 9.30 Å². The molecule has 0 aliphatic heterocycles. The molecular formula is C20H23ClN4O4. The van der Waals surface area contributed by atoms with Gasteiger partial charge in [-0.25, -0.2) is 19.1 Å². The van der Waals surface area contributed by atoms with E-state index >= 15 is 0 Å². The van der Waals surface area contributed by atoms with Crippen LogP contribution in [0.2, 0.25) is 5.02 Å². The zero-order valence-electron chi connectivity index (χ0n) is 16.8. The number of aromatic nitrogens is 4. The fraction of sp³-hybridized carbons (Fsp3) is 0.400. The van der Waals surface area contributed by atoms with Crippen molar-refractivity contribution in [2.24, 2.45) is 5.92 Å². The van der Waals surface area contributed by atoms with E-state index in [0.29, 0.717) is 10.7 Å². The molecular weight excluding hydrogens is 396 g/mol. The summed E-state index contributed by atoms with van der Waals surface area (Å²) in [6.45, 7) is 7.62. The zero-order valence-corrected chi connectivity index (χ0v) is 17.5. The lowest BCUT2D eigenvalue weighted by Gasteiger charge is -2.16. The van der Waals surface area contributed by atoms with Crippen molar-refractivity contribution in [1.82, 2.24) is 18.7 Å². The molecule has 0 radical (unpaired) electrons. The molecule has 2 aromatic heterocycles. The van der Waals surface area contributed by atoms with E-state index < -0.39 is 23.3 Å². The maximum atomic E-state index is 13.2. The summed E-state index contributed by atoms with van der Waals surface area (Å²) in [6.07, 6.45) is 1.38. The lowest BCUT2D eigenvalue weighted by molar-refractivity contribution is -0.146. The first-order chi connectivity index (χ1) is 13.8. The van der Waals surface area contributed by atoms with Crippen LogP contribution in [0.1, 0.15) is 33.7 Å². The van der Waals surface area contributed by atoms with Gasteiger partial charge in [-0.15, -0.1) is 0 Å². The van der Waals surface area contributed by atoms with Gasteiger partial charge in [0.15, 0.2) is 11.2 Å². The van der Waals surface area contributed by atoms with E-state index in [-0.39, 0.29) is 30.2 Å². The van der Waals surface area contributed by atoms with Gasteiger partial charge in [0.2, 0.25) is 0 Å². The number of fused-ring (bicyclic) bond motifs is 1. The van der Waals surface area contributed by atoms with Crippen LogP contribution in [0.4, 0.5) is 0 Å².